The van der Waals surface area contributed by atoms with E-state index in [2.05, 4.69) is 47.0 Å². The van der Waals surface area contributed by atoms with E-state index < -0.39 is 46.5 Å². The predicted octanol–water partition coefficient (Wildman–Crippen LogP) is 10.6. The second-order valence-corrected chi connectivity index (χ2v) is 22.6. The zero-order valence-corrected chi connectivity index (χ0v) is 41.4. The molecule has 2 aliphatic rings. The Morgan fingerprint density at radius 1 is 0.836 bits per heavy atom. The zero-order valence-electron chi connectivity index (χ0n) is 37.4. The highest BCUT2D eigenvalue weighted by molar-refractivity contribution is 7.99. The summed E-state index contributed by atoms with van der Waals surface area (Å²) >= 11 is 7.71. The van der Waals surface area contributed by atoms with Gasteiger partial charge in [-0.2, -0.15) is 13.2 Å². The van der Waals surface area contributed by atoms with Crippen LogP contribution in [0.25, 0.3) is 11.1 Å². The number of sulfone groups is 2. The molecule has 0 amide bonds. The summed E-state index contributed by atoms with van der Waals surface area (Å²) in [6.07, 6.45) is 2.34. The number of rotatable bonds is 18. The molecule has 2 atom stereocenters. The lowest BCUT2D eigenvalue weighted by Crippen LogP contribution is -2.39. The van der Waals surface area contributed by atoms with Crippen LogP contribution < -0.4 is 4.90 Å². The summed E-state index contributed by atoms with van der Waals surface area (Å²) in [4.78, 5) is 19.4. The molecule has 5 aromatic rings. The molecule has 0 N–H and O–H groups in total. The molecule has 0 aliphatic carbocycles. The zero-order chi connectivity index (χ0) is 47.1. The van der Waals surface area contributed by atoms with E-state index >= 15 is 0 Å². The van der Waals surface area contributed by atoms with Gasteiger partial charge >= 0.3 is 5.51 Å². The molecule has 0 unspecified atom stereocenters. The number of carbonyl (C=O) groups excluding carboxylic acids is 1. The minimum absolute atomic E-state index is 0. The van der Waals surface area contributed by atoms with E-state index in [1.54, 1.807) is 24.3 Å². The van der Waals surface area contributed by atoms with Crippen molar-refractivity contribution in [3.8, 4) is 11.1 Å². The first-order valence-corrected chi connectivity index (χ1v) is 26.5. The van der Waals surface area contributed by atoms with Crippen molar-refractivity contribution in [1.82, 2.24) is 9.80 Å². The molecular formula is C50H56Cl2F3N3O6S3. The van der Waals surface area contributed by atoms with E-state index in [-0.39, 0.29) is 41.9 Å². The highest BCUT2D eigenvalue weighted by Gasteiger charge is 2.48. The minimum Gasteiger partial charge on any atom is -0.379 e. The molecule has 5 aromatic carbocycles. The Balaban J connectivity index is 0.00000741. The summed E-state index contributed by atoms with van der Waals surface area (Å²) in [6.45, 7) is 4.73. The SMILES string of the molecule is CN(C)[C@@H](c1ccccc1-c1ccc(Cl)cc1)C1CCN(c2ccc(C(=O)CS(=O)(=O)c3ccc(C[C@H](CCN4CCOCC4)CSc4ccccc4)c(S(=O)(=O)C(F)(F)F)c3)cc2)CC1.Cl. The van der Waals surface area contributed by atoms with Gasteiger partial charge in [-0.15, -0.1) is 24.2 Å². The molecule has 67 heavy (non-hydrogen) atoms. The highest BCUT2D eigenvalue weighted by atomic mass is 35.5. The van der Waals surface area contributed by atoms with Crippen molar-refractivity contribution in [2.75, 3.05) is 76.4 Å². The van der Waals surface area contributed by atoms with E-state index in [1.807, 2.05) is 60.7 Å². The second-order valence-electron chi connectivity index (χ2n) is 17.2. The molecule has 2 saturated heterocycles. The summed E-state index contributed by atoms with van der Waals surface area (Å²) in [5.74, 6) is -1.22. The van der Waals surface area contributed by atoms with E-state index in [0.717, 1.165) is 59.8 Å². The van der Waals surface area contributed by atoms with Gasteiger partial charge in [0, 0.05) is 59.1 Å². The molecule has 0 radical (unpaired) electrons. The van der Waals surface area contributed by atoms with Crippen LogP contribution >= 0.6 is 35.8 Å². The first kappa shape index (κ1) is 52.4. The third kappa shape index (κ3) is 13.2. The first-order chi connectivity index (χ1) is 31.5. The van der Waals surface area contributed by atoms with Gasteiger partial charge in [0.1, 0.15) is 5.75 Å². The maximum absolute atomic E-state index is 14.2. The van der Waals surface area contributed by atoms with Gasteiger partial charge < -0.3 is 14.5 Å². The van der Waals surface area contributed by atoms with Crippen molar-refractivity contribution in [1.29, 1.82) is 0 Å². The molecule has 360 valence electrons. The van der Waals surface area contributed by atoms with Crippen molar-refractivity contribution < 1.29 is 39.5 Å². The van der Waals surface area contributed by atoms with Gasteiger partial charge in [-0.3, -0.25) is 9.69 Å². The fourth-order valence-electron chi connectivity index (χ4n) is 9.02. The molecule has 7 rings (SSSR count). The molecule has 17 heteroatoms. The van der Waals surface area contributed by atoms with E-state index in [0.29, 0.717) is 62.0 Å². The number of carbonyl (C=O) groups is 1. The Morgan fingerprint density at radius 2 is 1.48 bits per heavy atom. The van der Waals surface area contributed by atoms with Crippen LogP contribution in [0.15, 0.2) is 136 Å². The Kier molecular flexibility index (Phi) is 18.1. The molecule has 2 fully saturated rings. The van der Waals surface area contributed by atoms with Gasteiger partial charge in [0.15, 0.2) is 15.6 Å². The average Bonchev–Trinajstić information content (AvgIpc) is 3.31. The third-order valence-corrected chi connectivity index (χ3v) is 17.2. The summed E-state index contributed by atoms with van der Waals surface area (Å²) in [7, 11) is -6.35. The van der Waals surface area contributed by atoms with E-state index in [4.69, 9.17) is 16.3 Å². The van der Waals surface area contributed by atoms with Crippen LogP contribution in [-0.4, -0.2) is 109 Å². The molecule has 2 heterocycles. The lowest BCUT2D eigenvalue weighted by atomic mass is 9.81. The second kappa shape index (κ2) is 23.1. The van der Waals surface area contributed by atoms with Crippen LogP contribution in [0.3, 0.4) is 0 Å². The number of ketones is 1. The number of thioether (sulfide) groups is 1. The number of piperidine rings is 1. The molecule has 0 aromatic heterocycles. The van der Waals surface area contributed by atoms with Crippen LogP contribution in [0.4, 0.5) is 18.9 Å². The summed E-state index contributed by atoms with van der Waals surface area (Å²) in [6, 6.07) is 35.5. The van der Waals surface area contributed by atoms with Crippen LogP contribution in [0.1, 0.15) is 46.8 Å². The van der Waals surface area contributed by atoms with Gasteiger partial charge in [-0.25, -0.2) is 16.8 Å². The van der Waals surface area contributed by atoms with Crippen molar-refractivity contribution >= 4 is 66.9 Å². The number of hydrogen-bond acceptors (Lipinski definition) is 10. The van der Waals surface area contributed by atoms with Crippen molar-refractivity contribution in [2.45, 2.75) is 51.9 Å². The topological polar surface area (TPSA) is 104 Å². The molecule has 0 bridgehead atoms. The maximum atomic E-state index is 14.2. The van der Waals surface area contributed by atoms with Crippen molar-refractivity contribution in [3.05, 3.63) is 143 Å². The fraction of sp³-hybridized carbons (Fsp3) is 0.380. The number of anilines is 1. The van der Waals surface area contributed by atoms with Crippen molar-refractivity contribution in [3.63, 3.8) is 0 Å². The van der Waals surface area contributed by atoms with Gasteiger partial charge in [-0.05, 0) is 141 Å². The number of halogens is 5. The van der Waals surface area contributed by atoms with E-state index in [9.17, 15) is 34.8 Å². The first-order valence-electron chi connectivity index (χ1n) is 22.0. The van der Waals surface area contributed by atoms with Gasteiger partial charge in [0.2, 0.25) is 0 Å². The number of hydrogen-bond donors (Lipinski definition) is 0. The number of nitrogens with zero attached hydrogens (tertiary/aromatic N) is 3. The van der Waals surface area contributed by atoms with Crippen LogP contribution in [-0.2, 0) is 30.8 Å². The average molecular weight is 1020 g/mol. The standard InChI is InChI=1S/C50H55ClF3N3O6S3.ClH/c1-55(2)49(46-11-7-6-10-45(46)37-12-17-41(51)18-13-37)39-23-26-57(27-24-39)42-19-14-38(15-20-42)47(58)35-65(59,60)44-21-16-40(48(33-44)66(61,62)50(52,53)54)32-36(22-25-56-28-30-63-31-29-56)34-64-43-8-4-3-5-9-43;/h3-21,33,36,39,49H,22-32,34-35H2,1-2H3;1H/t36-,49+;/m0./s1. The quantitative estimate of drug-likeness (QED) is 0.0623. The Labute approximate surface area is 408 Å². The predicted molar refractivity (Wildman–Crippen MR) is 264 cm³/mol. The van der Waals surface area contributed by atoms with Gasteiger partial charge in [0.25, 0.3) is 9.84 Å². The molecule has 9 nitrogen and oxygen atoms in total. The molecule has 2 aliphatic heterocycles. The number of benzene rings is 5. The molecular weight excluding hydrogens is 963 g/mol. The minimum atomic E-state index is -5.97. The number of alkyl halides is 3. The monoisotopic (exact) mass is 1020 g/mol. The number of ether oxygens (including phenoxy) is 1. The van der Waals surface area contributed by atoms with Crippen molar-refractivity contribution in [2.24, 2.45) is 11.8 Å². The van der Waals surface area contributed by atoms with Crippen LogP contribution in [0, 0.1) is 11.8 Å². The molecule has 0 saturated carbocycles. The smallest absolute Gasteiger partial charge is 0.379 e. The fourth-order valence-corrected chi connectivity index (χ4v) is 12.6. The van der Waals surface area contributed by atoms with Gasteiger partial charge in [-0.1, -0.05) is 72.3 Å². The largest absolute Gasteiger partial charge is 0.501 e. The van der Waals surface area contributed by atoms with Crippen LogP contribution in [0.2, 0.25) is 5.02 Å². The summed E-state index contributed by atoms with van der Waals surface area (Å²) < 4.78 is 102. The van der Waals surface area contributed by atoms with E-state index in [1.165, 1.54) is 17.3 Å². The number of Topliss-reactive ketones (excluding diaryl/α,β-unsaturated/α-hetero) is 1. The summed E-state index contributed by atoms with van der Waals surface area (Å²) in [5, 5.41) is 0.682. The lowest BCUT2D eigenvalue weighted by molar-refractivity contribution is -0.0436. The van der Waals surface area contributed by atoms with Crippen LogP contribution in [0.5, 0.6) is 0 Å². The summed E-state index contributed by atoms with van der Waals surface area (Å²) in [5.41, 5.74) is -1.32. The molecule has 0 spiro atoms. The van der Waals surface area contributed by atoms with Gasteiger partial charge in [0.05, 0.1) is 23.0 Å². The Morgan fingerprint density at radius 3 is 2.12 bits per heavy atom. The Bertz CT molecular complexity index is 2650. The third-order valence-electron chi connectivity index (χ3n) is 12.5. The normalized spacial score (nSPS) is 16.4. The maximum Gasteiger partial charge on any atom is 0.501 e. The number of morpholine rings is 1. The Hall–Kier alpha value is -3.93. The lowest BCUT2D eigenvalue weighted by Gasteiger charge is -2.40. The highest BCUT2D eigenvalue weighted by Crippen LogP contribution is 2.41.